The van der Waals surface area contributed by atoms with Gasteiger partial charge in [0.05, 0.1) is 25.1 Å². The predicted octanol–water partition coefficient (Wildman–Crippen LogP) is 1.91. The van der Waals surface area contributed by atoms with Crippen LogP contribution in [0.3, 0.4) is 0 Å². The summed E-state index contributed by atoms with van der Waals surface area (Å²) < 4.78 is 6.02. The van der Waals surface area contributed by atoms with Gasteiger partial charge in [-0.15, -0.1) is 0 Å². The van der Waals surface area contributed by atoms with Crippen LogP contribution < -0.4 is 22.5 Å². The van der Waals surface area contributed by atoms with Crippen LogP contribution >= 0.6 is 11.6 Å². The standard InChI is InChI=1S/C30H37ClN2O2.ClH/c31-24-11-12-25-28(18-24)35-16-14-30(25)20-32-19-26(30)29(34)33-15-13-23(21-7-3-1-4-8-21)17-27(33)22-9-5-2-6-10-22;/h1,3-4,7-8,11-12,18,22-23,26-27,32H,2,5-6,9-10,13-17,19-20H2;1H/t23-,26+,27+,30+;/m1./s1. The second kappa shape index (κ2) is 10.9. The highest BCUT2D eigenvalue weighted by molar-refractivity contribution is 6.30. The van der Waals surface area contributed by atoms with E-state index in [4.69, 9.17) is 16.3 Å². The van der Waals surface area contributed by atoms with Crippen molar-refractivity contribution < 1.29 is 27.3 Å². The van der Waals surface area contributed by atoms with E-state index in [1.807, 2.05) is 12.1 Å². The number of quaternary nitrogens is 1. The van der Waals surface area contributed by atoms with Gasteiger partial charge in [-0.05, 0) is 61.6 Å². The Morgan fingerprint density at radius 3 is 2.67 bits per heavy atom. The molecule has 4 aliphatic rings. The second-order valence-electron chi connectivity index (χ2n) is 11.3. The summed E-state index contributed by atoms with van der Waals surface area (Å²) >= 11 is 6.30. The Balaban J connectivity index is 0.00000267. The zero-order valence-electron chi connectivity index (χ0n) is 21.0. The number of hydrogen-bond donors (Lipinski definition) is 1. The van der Waals surface area contributed by atoms with E-state index in [0.29, 0.717) is 35.4 Å². The number of piperidine rings is 1. The molecule has 194 valence electrons. The van der Waals surface area contributed by atoms with Gasteiger partial charge >= 0.3 is 0 Å². The molecule has 1 amide bonds. The first-order valence-corrected chi connectivity index (χ1v) is 14.1. The topological polar surface area (TPSA) is 46.1 Å². The largest absolute Gasteiger partial charge is 1.00 e. The first kappa shape index (κ1) is 25.9. The van der Waals surface area contributed by atoms with Crippen LogP contribution in [0.4, 0.5) is 0 Å². The number of likely N-dealkylation sites (tertiary alicyclic amines) is 1. The Labute approximate surface area is 226 Å². The van der Waals surface area contributed by atoms with E-state index in [2.05, 4.69) is 46.6 Å². The van der Waals surface area contributed by atoms with Gasteiger partial charge in [0.25, 0.3) is 0 Å². The fourth-order valence-corrected chi connectivity index (χ4v) is 7.92. The molecule has 0 unspecified atom stereocenters. The lowest BCUT2D eigenvalue weighted by molar-refractivity contribution is -0.640. The number of carbonyl (C=O) groups excluding carboxylic acids is 1. The van der Waals surface area contributed by atoms with Crippen molar-refractivity contribution in [2.45, 2.75) is 68.7 Å². The SMILES string of the molecule is O=C([C@@H]1C[NH2+]C[C@]12CCOc1cc(Cl)ccc12)N1CC[C@@H](c2ccccc2)C[C@H]1C1CCCCC1.[Cl-]. The Morgan fingerprint density at radius 2 is 1.86 bits per heavy atom. The maximum absolute atomic E-state index is 14.5. The quantitative estimate of drug-likeness (QED) is 0.661. The van der Waals surface area contributed by atoms with Crippen molar-refractivity contribution in [1.29, 1.82) is 0 Å². The molecule has 1 aliphatic carbocycles. The van der Waals surface area contributed by atoms with Gasteiger partial charge in [-0.1, -0.05) is 67.3 Å². The number of rotatable bonds is 3. The molecule has 1 saturated carbocycles. The summed E-state index contributed by atoms with van der Waals surface area (Å²) in [4.78, 5) is 16.8. The van der Waals surface area contributed by atoms with Crippen LogP contribution in [0, 0.1) is 11.8 Å². The average Bonchev–Trinajstić information content (AvgIpc) is 3.32. The minimum Gasteiger partial charge on any atom is -1.00 e. The fraction of sp³-hybridized carbons (Fsp3) is 0.567. The molecule has 0 radical (unpaired) electrons. The third kappa shape index (κ3) is 4.66. The molecule has 2 aromatic carbocycles. The molecule has 6 heteroatoms. The first-order chi connectivity index (χ1) is 17.2. The number of fused-ring (bicyclic) bond motifs is 2. The van der Waals surface area contributed by atoms with E-state index in [-0.39, 0.29) is 23.7 Å². The summed E-state index contributed by atoms with van der Waals surface area (Å²) in [5.74, 6) is 2.47. The van der Waals surface area contributed by atoms with E-state index in [0.717, 1.165) is 44.6 Å². The van der Waals surface area contributed by atoms with Gasteiger partial charge in [0, 0.05) is 23.2 Å². The fourth-order valence-electron chi connectivity index (χ4n) is 7.76. The lowest BCUT2D eigenvalue weighted by Gasteiger charge is -2.47. The minimum atomic E-state index is -0.150. The lowest BCUT2D eigenvalue weighted by Crippen LogP contribution is -3.00. The molecule has 4 atom stereocenters. The summed E-state index contributed by atoms with van der Waals surface area (Å²) in [7, 11) is 0. The van der Waals surface area contributed by atoms with Crippen LogP contribution in [0.15, 0.2) is 48.5 Å². The number of carbonyl (C=O) groups is 1. The maximum atomic E-state index is 14.5. The Bertz CT molecular complexity index is 1060. The molecule has 3 heterocycles. The highest BCUT2D eigenvalue weighted by atomic mass is 35.5. The van der Waals surface area contributed by atoms with Gasteiger partial charge in [0.15, 0.2) is 0 Å². The third-order valence-corrected chi connectivity index (χ3v) is 9.79. The van der Waals surface area contributed by atoms with E-state index in [1.165, 1.54) is 43.2 Å². The molecular formula is C30H38Cl2N2O2. The van der Waals surface area contributed by atoms with Crippen molar-refractivity contribution in [2.75, 3.05) is 26.2 Å². The van der Waals surface area contributed by atoms with Gasteiger partial charge in [-0.2, -0.15) is 0 Å². The molecule has 3 fully saturated rings. The summed E-state index contributed by atoms with van der Waals surface area (Å²) in [6, 6.07) is 17.4. The number of ether oxygens (including phenoxy) is 1. The Hall–Kier alpha value is -1.75. The molecule has 4 nitrogen and oxygen atoms in total. The van der Waals surface area contributed by atoms with Crippen molar-refractivity contribution in [2.24, 2.45) is 11.8 Å². The Kier molecular flexibility index (Phi) is 7.86. The summed E-state index contributed by atoms with van der Waals surface area (Å²) in [5.41, 5.74) is 2.48. The van der Waals surface area contributed by atoms with E-state index in [9.17, 15) is 4.79 Å². The molecule has 0 aromatic heterocycles. The molecule has 2 aromatic rings. The van der Waals surface area contributed by atoms with E-state index >= 15 is 0 Å². The molecule has 2 N–H and O–H groups in total. The van der Waals surface area contributed by atoms with Crippen molar-refractivity contribution in [1.82, 2.24) is 4.90 Å². The van der Waals surface area contributed by atoms with Crippen molar-refractivity contribution in [3.8, 4) is 5.75 Å². The second-order valence-corrected chi connectivity index (χ2v) is 11.7. The molecular weight excluding hydrogens is 491 g/mol. The summed E-state index contributed by atoms with van der Waals surface area (Å²) in [6.07, 6.45) is 9.59. The van der Waals surface area contributed by atoms with Crippen molar-refractivity contribution >= 4 is 17.5 Å². The minimum absolute atomic E-state index is 0. The number of amides is 1. The first-order valence-electron chi connectivity index (χ1n) is 13.8. The molecule has 1 spiro atoms. The molecule has 36 heavy (non-hydrogen) atoms. The van der Waals surface area contributed by atoms with Gasteiger partial charge < -0.3 is 27.4 Å². The number of halogens is 2. The van der Waals surface area contributed by atoms with Crippen LogP contribution in [0.5, 0.6) is 5.75 Å². The highest BCUT2D eigenvalue weighted by Crippen LogP contribution is 2.47. The third-order valence-electron chi connectivity index (χ3n) is 9.55. The smallest absolute Gasteiger partial charge is 0.232 e. The molecule has 2 saturated heterocycles. The van der Waals surface area contributed by atoms with E-state index < -0.39 is 0 Å². The Morgan fingerprint density at radius 1 is 1.06 bits per heavy atom. The van der Waals surface area contributed by atoms with Gasteiger partial charge in [0.1, 0.15) is 11.7 Å². The van der Waals surface area contributed by atoms with Crippen molar-refractivity contribution in [3.63, 3.8) is 0 Å². The zero-order chi connectivity index (χ0) is 23.8. The number of benzene rings is 2. The van der Waals surface area contributed by atoms with Crippen LogP contribution in [-0.4, -0.2) is 43.1 Å². The lowest BCUT2D eigenvalue weighted by atomic mass is 9.67. The van der Waals surface area contributed by atoms with Crippen LogP contribution in [0.1, 0.15) is 68.4 Å². The highest BCUT2D eigenvalue weighted by Gasteiger charge is 2.55. The summed E-state index contributed by atoms with van der Waals surface area (Å²) in [5, 5.41) is 3.06. The van der Waals surface area contributed by atoms with Gasteiger partial charge in [-0.3, -0.25) is 4.79 Å². The number of nitrogens with zero attached hydrogens (tertiary/aromatic N) is 1. The number of nitrogens with two attached hydrogens (primary N) is 1. The molecule has 6 rings (SSSR count). The zero-order valence-corrected chi connectivity index (χ0v) is 22.5. The molecule has 0 bridgehead atoms. The van der Waals surface area contributed by atoms with Gasteiger partial charge in [0.2, 0.25) is 5.91 Å². The normalized spacial score (nSPS) is 30.4. The van der Waals surface area contributed by atoms with Crippen LogP contribution in [-0.2, 0) is 10.2 Å². The molecule has 3 aliphatic heterocycles. The van der Waals surface area contributed by atoms with E-state index in [1.54, 1.807) is 0 Å². The summed E-state index contributed by atoms with van der Waals surface area (Å²) in [6.45, 7) is 3.37. The maximum Gasteiger partial charge on any atom is 0.232 e. The van der Waals surface area contributed by atoms with Crippen LogP contribution in [0.25, 0.3) is 0 Å². The average molecular weight is 530 g/mol. The van der Waals surface area contributed by atoms with Crippen molar-refractivity contribution in [3.05, 3.63) is 64.7 Å². The number of hydrogen-bond acceptors (Lipinski definition) is 2. The predicted molar refractivity (Wildman–Crippen MR) is 139 cm³/mol. The van der Waals surface area contributed by atoms with Crippen LogP contribution in [0.2, 0.25) is 5.02 Å². The monoisotopic (exact) mass is 528 g/mol. The van der Waals surface area contributed by atoms with Gasteiger partial charge in [-0.25, -0.2) is 0 Å².